The minimum Gasteiger partial charge on any atom is -0.494 e. The van der Waals surface area contributed by atoms with Crippen molar-refractivity contribution in [3.05, 3.63) is 53.1 Å². The summed E-state index contributed by atoms with van der Waals surface area (Å²) in [5, 5.41) is 0.746. The van der Waals surface area contributed by atoms with Crippen LogP contribution in [0.15, 0.2) is 36.4 Å². The Morgan fingerprint density at radius 2 is 1.87 bits per heavy atom. The zero-order valence-corrected chi connectivity index (χ0v) is 19.4. The van der Waals surface area contributed by atoms with Crippen LogP contribution in [-0.4, -0.2) is 43.7 Å². The average Bonchev–Trinajstić information content (AvgIpc) is 3.14. The molecule has 0 saturated carbocycles. The molecular formula is C24H32N3O2S+. The normalized spacial score (nSPS) is 11.3. The lowest BCUT2D eigenvalue weighted by atomic mass is 10.0. The van der Waals surface area contributed by atoms with Crippen LogP contribution in [0.4, 0.5) is 5.13 Å². The van der Waals surface area contributed by atoms with E-state index in [1.807, 2.05) is 56.0 Å². The molecule has 6 heteroatoms. The Labute approximate surface area is 183 Å². The maximum Gasteiger partial charge on any atom is 0.260 e. The Kier molecular flexibility index (Phi) is 7.45. The first kappa shape index (κ1) is 22.2. The second-order valence-electron chi connectivity index (χ2n) is 7.54. The topological polar surface area (TPSA) is 46.9 Å². The summed E-state index contributed by atoms with van der Waals surface area (Å²) in [5.41, 5.74) is 3.79. The molecule has 0 radical (unpaired) electrons. The summed E-state index contributed by atoms with van der Waals surface area (Å²) >= 11 is 1.55. The summed E-state index contributed by atoms with van der Waals surface area (Å²) in [4.78, 5) is 21.7. The number of ether oxygens (including phenoxy) is 1. The molecule has 5 nitrogen and oxygen atoms in total. The lowest BCUT2D eigenvalue weighted by molar-refractivity contribution is -0.894. The number of rotatable bonds is 9. The monoisotopic (exact) mass is 426 g/mol. The van der Waals surface area contributed by atoms with Crippen LogP contribution in [0.25, 0.3) is 10.2 Å². The Morgan fingerprint density at radius 3 is 2.53 bits per heavy atom. The van der Waals surface area contributed by atoms with Crippen LogP contribution in [0, 0.1) is 13.8 Å². The highest BCUT2D eigenvalue weighted by Gasteiger charge is 2.24. The zero-order chi connectivity index (χ0) is 21.7. The summed E-state index contributed by atoms with van der Waals surface area (Å²) in [5.74, 6) is 0.850. The third-order valence-electron chi connectivity index (χ3n) is 5.44. The lowest BCUT2D eigenvalue weighted by Gasteiger charge is -2.23. The molecule has 3 rings (SSSR count). The summed E-state index contributed by atoms with van der Waals surface area (Å²) in [6.07, 6.45) is 0. The van der Waals surface area contributed by atoms with Gasteiger partial charge in [0.1, 0.15) is 5.75 Å². The van der Waals surface area contributed by atoms with Gasteiger partial charge in [-0.2, -0.15) is 0 Å². The maximum atomic E-state index is 13.6. The van der Waals surface area contributed by atoms with Gasteiger partial charge in [-0.1, -0.05) is 29.0 Å². The van der Waals surface area contributed by atoms with Crippen molar-refractivity contribution < 1.29 is 14.4 Å². The van der Waals surface area contributed by atoms with Gasteiger partial charge in [-0.25, -0.2) is 4.98 Å². The number of aryl methyl sites for hydroxylation is 2. The zero-order valence-electron chi connectivity index (χ0n) is 18.6. The molecule has 1 amide bonds. The molecular weight excluding hydrogens is 394 g/mol. The summed E-state index contributed by atoms with van der Waals surface area (Å²) in [6, 6.07) is 11.9. The van der Waals surface area contributed by atoms with Gasteiger partial charge in [-0.15, -0.1) is 0 Å². The lowest BCUT2D eigenvalue weighted by Crippen LogP contribution is -3.12. The molecule has 0 bridgehead atoms. The number of thiazole rings is 1. The van der Waals surface area contributed by atoms with E-state index in [-0.39, 0.29) is 5.91 Å². The summed E-state index contributed by atoms with van der Waals surface area (Å²) < 4.78 is 6.66. The van der Waals surface area contributed by atoms with Gasteiger partial charge in [0.15, 0.2) is 5.13 Å². The molecule has 0 saturated heterocycles. The number of anilines is 1. The van der Waals surface area contributed by atoms with Crippen molar-refractivity contribution >= 4 is 32.6 Å². The van der Waals surface area contributed by atoms with Crippen molar-refractivity contribution in [2.24, 2.45) is 0 Å². The number of hydrogen-bond donors (Lipinski definition) is 1. The Hall–Kier alpha value is -2.44. The standard InChI is InChI=1S/C24H31N3O2S/c1-6-26(7-2)13-14-27(23(28)20-11-9-17(4)15-18(20)5)24-25-21-12-10-19(29-8-3)16-22(21)30-24/h9-12,15-16H,6-8,13-14H2,1-5H3/p+1. The number of nitrogens with zero attached hydrogens (tertiary/aromatic N) is 2. The molecule has 0 atom stereocenters. The summed E-state index contributed by atoms with van der Waals surface area (Å²) in [6.45, 7) is 14.6. The van der Waals surface area contributed by atoms with E-state index in [2.05, 4.69) is 19.9 Å². The van der Waals surface area contributed by atoms with Gasteiger partial charge in [-0.3, -0.25) is 9.69 Å². The maximum absolute atomic E-state index is 13.6. The van der Waals surface area contributed by atoms with Gasteiger partial charge in [0.05, 0.1) is 43.0 Å². The highest BCUT2D eigenvalue weighted by molar-refractivity contribution is 7.22. The number of fused-ring (bicyclic) bond motifs is 1. The molecule has 30 heavy (non-hydrogen) atoms. The number of carbonyl (C=O) groups excluding carboxylic acids is 1. The molecule has 0 aliphatic heterocycles. The fraction of sp³-hybridized carbons (Fsp3) is 0.417. The number of likely N-dealkylation sites (N-methyl/N-ethyl adjacent to an activating group) is 1. The first-order valence-corrected chi connectivity index (χ1v) is 11.5. The Morgan fingerprint density at radius 1 is 1.10 bits per heavy atom. The molecule has 1 aromatic heterocycles. The SMILES string of the molecule is CCOc1ccc2nc(N(CC[NH+](CC)CC)C(=O)c3ccc(C)cc3C)sc2c1. The number of nitrogens with one attached hydrogen (secondary N) is 1. The molecule has 1 N–H and O–H groups in total. The first-order chi connectivity index (χ1) is 14.5. The van der Waals surface area contributed by atoms with Crippen LogP contribution in [0.1, 0.15) is 42.3 Å². The minimum absolute atomic E-state index is 0.0168. The van der Waals surface area contributed by atoms with E-state index in [9.17, 15) is 4.79 Å². The van der Waals surface area contributed by atoms with Gasteiger partial charge >= 0.3 is 0 Å². The van der Waals surface area contributed by atoms with Crippen LogP contribution in [0.5, 0.6) is 5.75 Å². The molecule has 2 aromatic carbocycles. The largest absolute Gasteiger partial charge is 0.494 e. The van der Waals surface area contributed by atoms with Crippen LogP contribution in [0.3, 0.4) is 0 Å². The van der Waals surface area contributed by atoms with E-state index in [1.165, 1.54) is 4.90 Å². The van der Waals surface area contributed by atoms with Gasteiger partial charge in [-0.05, 0) is 64.4 Å². The molecule has 0 fully saturated rings. The Bertz CT molecular complexity index is 1010. The number of hydrogen-bond acceptors (Lipinski definition) is 4. The highest BCUT2D eigenvalue weighted by atomic mass is 32.1. The van der Waals surface area contributed by atoms with Crippen LogP contribution in [-0.2, 0) is 0 Å². The second-order valence-corrected chi connectivity index (χ2v) is 8.55. The van der Waals surface area contributed by atoms with Crippen molar-refractivity contribution in [1.82, 2.24) is 4.98 Å². The minimum atomic E-state index is 0.0168. The molecule has 1 heterocycles. The molecule has 3 aromatic rings. The van der Waals surface area contributed by atoms with E-state index < -0.39 is 0 Å². The van der Waals surface area contributed by atoms with Crippen molar-refractivity contribution in [2.45, 2.75) is 34.6 Å². The fourth-order valence-electron chi connectivity index (χ4n) is 3.62. The number of benzene rings is 2. The van der Waals surface area contributed by atoms with Crippen LogP contribution in [0.2, 0.25) is 0 Å². The van der Waals surface area contributed by atoms with Gasteiger partial charge in [0, 0.05) is 5.56 Å². The predicted octanol–water partition coefficient (Wildman–Crippen LogP) is 3.88. The molecule has 0 aliphatic carbocycles. The quantitative estimate of drug-likeness (QED) is 0.565. The molecule has 0 aliphatic rings. The molecule has 160 valence electrons. The number of aromatic nitrogens is 1. The second kappa shape index (κ2) is 10.0. The predicted molar refractivity (Wildman–Crippen MR) is 125 cm³/mol. The van der Waals surface area contributed by atoms with E-state index in [4.69, 9.17) is 9.72 Å². The van der Waals surface area contributed by atoms with Crippen molar-refractivity contribution in [3.8, 4) is 5.75 Å². The summed E-state index contributed by atoms with van der Waals surface area (Å²) in [7, 11) is 0. The smallest absolute Gasteiger partial charge is 0.260 e. The fourth-order valence-corrected chi connectivity index (χ4v) is 4.64. The first-order valence-electron chi connectivity index (χ1n) is 10.7. The third-order valence-corrected chi connectivity index (χ3v) is 6.48. The van der Waals surface area contributed by atoms with Crippen LogP contribution < -0.4 is 14.5 Å². The molecule has 0 unspecified atom stereocenters. The highest BCUT2D eigenvalue weighted by Crippen LogP contribution is 2.32. The number of quaternary nitrogens is 1. The van der Waals surface area contributed by atoms with E-state index in [0.717, 1.165) is 57.4 Å². The van der Waals surface area contributed by atoms with Crippen molar-refractivity contribution in [3.63, 3.8) is 0 Å². The van der Waals surface area contributed by atoms with E-state index in [0.29, 0.717) is 13.2 Å². The third kappa shape index (κ3) is 4.99. The van der Waals surface area contributed by atoms with Crippen molar-refractivity contribution in [1.29, 1.82) is 0 Å². The van der Waals surface area contributed by atoms with Crippen LogP contribution >= 0.6 is 11.3 Å². The van der Waals surface area contributed by atoms with Gasteiger partial charge in [0.2, 0.25) is 0 Å². The van der Waals surface area contributed by atoms with E-state index >= 15 is 0 Å². The number of amides is 1. The van der Waals surface area contributed by atoms with Gasteiger partial charge < -0.3 is 9.64 Å². The van der Waals surface area contributed by atoms with Gasteiger partial charge in [0.25, 0.3) is 5.91 Å². The van der Waals surface area contributed by atoms with Crippen molar-refractivity contribution in [2.75, 3.05) is 37.7 Å². The Balaban J connectivity index is 1.97. The molecule has 0 spiro atoms. The average molecular weight is 427 g/mol. The van der Waals surface area contributed by atoms with E-state index in [1.54, 1.807) is 11.3 Å². The number of carbonyl (C=O) groups is 1.